The number of nitrogens with one attached hydrogen (secondary N) is 3. The molecule has 0 amide bonds. The van der Waals surface area contributed by atoms with Crippen molar-refractivity contribution in [1.82, 2.24) is 19.2 Å². The molecule has 43 heavy (non-hydrogen) atoms. The summed E-state index contributed by atoms with van der Waals surface area (Å²) in [6, 6.07) is 21.9. The molecule has 0 bridgehead atoms. The highest BCUT2D eigenvalue weighted by Crippen LogP contribution is 2.23. The quantitative estimate of drug-likeness (QED) is 0.165. The molecular formula is C30H38N6O5S2. The van der Waals surface area contributed by atoms with E-state index in [0.717, 1.165) is 22.0 Å². The van der Waals surface area contributed by atoms with E-state index in [9.17, 15) is 21.9 Å². The number of imidazole rings is 1. The summed E-state index contributed by atoms with van der Waals surface area (Å²) in [6.45, 7) is 5.06. The van der Waals surface area contributed by atoms with Crippen molar-refractivity contribution >= 4 is 31.6 Å². The number of aliphatic hydroxyl groups is 1. The molecule has 3 aromatic carbocycles. The highest BCUT2D eigenvalue weighted by Gasteiger charge is 2.20. The number of sulfonamides is 1. The molecule has 0 aliphatic carbocycles. The van der Waals surface area contributed by atoms with Crippen molar-refractivity contribution in [1.29, 1.82) is 0 Å². The second-order valence-corrected chi connectivity index (χ2v) is 14.6. The first-order chi connectivity index (χ1) is 20.2. The molecule has 0 radical (unpaired) electrons. The Labute approximate surface area is 253 Å². The molecule has 0 aliphatic rings. The van der Waals surface area contributed by atoms with E-state index >= 15 is 0 Å². The molecule has 0 unspecified atom stereocenters. The first kappa shape index (κ1) is 32.2. The molecule has 0 saturated carbocycles. The van der Waals surface area contributed by atoms with Gasteiger partial charge >= 0.3 is 10.2 Å². The summed E-state index contributed by atoms with van der Waals surface area (Å²) in [4.78, 5) is 4.66. The first-order valence-electron chi connectivity index (χ1n) is 13.7. The number of anilines is 2. The second-order valence-electron chi connectivity index (χ2n) is 11.0. The number of nitrogens with zero attached hydrogens (tertiary/aromatic N) is 3. The zero-order valence-electron chi connectivity index (χ0n) is 24.6. The van der Waals surface area contributed by atoms with Crippen molar-refractivity contribution in [2.45, 2.75) is 43.4 Å². The lowest BCUT2D eigenvalue weighted by Gasteiger charge is -2.28. The maximum atomic E-state index is 12.7. The molecule has 4 aromatic rings. The van der Waals surface area contributed by atoms with E-state index in [1.807, 2.05) is 22.9 Å². The van der Waals surface area contributed by atoms with Crippen LogP contribution in [0.2, 0.25) is 0 Å². The number of rotatable bonds is 14. The standard InChI is InChI=1S/C30H38N6O5S2/c1-30(2,17-18-36-21-28(31-22-36)23-13-15-25(16-14-23)34-43(40,41)35(3)4)32-20-29(37)24-9-8-10-26(19-24)33-42(38,39)27-11-6-5-7-12-27/h5-16,19,21-22,29,32-34,37H,17-18,20H2,1-4H3/t29-/m0/s1. The Balaban J connectivity index is 1.30. The lowest BCUT2D eigenvalue weighted by atomic mass is 9.99. The molecule has 4 rings (SSSR count). The average molecular weight is 627 g/mol. The maximum Gasteiger partial charge on any atom is 0.301 e. The van der Waals surface area contributed by atoms with Crippen LogP contribution in [0.5, 0.6) is 0 Å². The molecule has 0 aliphatic heterocycles. The van der Waals surface area contributed by atoms with Gasteiger partial charge in [0.1, 0.15) is 0 Å². The fraction of sp³-hybridized carbons (Fsp3) is 0.300. The highest BCUT2D eigenvalue weighted by atomic mass is 32.2. The maximum absolute atomic E-state index is 12.7. The molecule has 13 heteroatoms. The van der Waals surface area contributed by atoms with Crippen molar-refractivity contribution in [3.05, 3.63) is 97.0 Å². The van der Waals surface area contributed by atoms with Crippen molar-refractivity contribution in [3.63, 3.8) is 0 Å². The van der Waals surface area contributed by atoms with Gasteiger partial charge in [-0.05, 0) is 62.2 Å². The number of β-amino-alcohol motifs (C(OH)–C–C–N with tert-alkyl or cyclic N) is 1. The third kappa shape index (κ3) is 8.88. The van der Waals surface area contributed by atoms with Crippen LogP contribution < -0.4 is 14.8 Å². The molecular weight excluding hydrogens is 589 g/mol. The third-order valence-electron chi connectivity index (χ3n) is 6.89. The number of aliphatic hydroxyl groups excluding tert-OH is 1. The third-order valence-corrected chi connectivity index (χ3v) is 9.74. The van der Waals surface area contributed by atoms with Crippen LogP contribution in [0.25, 0.3) is 11.3 Å². The number of hydrogen-bond donors (Lipinski definition) is 4. The minimum absolute atomic E-state index is 0.165. The molecule has 0 spiro atoms. The fourth-order valence-electron chi connectivity index (χ4n) is 4.19. The zero-order chi connectivity index (χ0) is 31.3. The van der Waals surface area contributed by atoms with Gasteiger partial charge in [0.25, 0.3) is 10.0 Å². The van der Waals surface area contributed by atoms with Crippen LogP contribution in [-0.2, 0) is 26.8 Å². The minimum atomic E-state index is -3.73. The summed E-state index contributed by atoms with van der Waals surface area (Å²) in [5, 5.41) is 14.3. The summed E-state index contributed by atoms with van der Waals surface area (Å²) < 4.78 is 57.6. The Hall–Kier alpha value is -3.75. The predicted octanol–water partition coefficient (Wildman–Crippen LogP) is 4.06. The first-order valence-corrected chi connectivity index (χ1v) is 16.6. The smallest absolute Gasteiger partial charge is 0.301 e. The Kier molecular flexibility index (Phi) is 9.93. The Morgan fingerprint density at radius 1 is 0.907 bits per heavy atom. The monoisotopic (exact) mass is 626 g/mol. The van der Waals surface area contributed by atoms with Crippen LogP contribution in [0.15, 0.2) is 96.3 Å². The molecule has 1 atom stereocenters. The zero-order valence-corrected chi connectivity index (χ0v) is 26.2. The topological polar surface area (TPSA) is 146 Å². The van der Waals surface area contributed by atoms with Gasteiger partial charge in [-0.1, -0.05) is 42.5 Å². The summed E-state index contributed by atoms with van der Waals surface area (Å²) in [6.07, 6.45) is 3.60. The van der Waals surface area contributed by atoms with Crippen molar-refractivity contribution < 1.29 is 21.9 Å². The van der Waals surface area contributed by atoms with Gasteiger partial charge in [0, 0.05) is 55.9 Å². The lowest BCUT2D eigenvalue weighted by Crippen LogP contribution is -2.42. The number of hydrogen-bond acceptors (Lipinski definition) is 7. The number of aromatic nitrogens is 2. The summed E-state index contributed by atoms with van der Waals surface area (Å²) in [5.74, 6) is 0. The molecule has 0 saturated heterocycles. The van der Waals surface area contributed by atoms with Gasteiger partial charge in [0.15, 0.2) is 0 Å². The number of benzene rings is 3. The average Bonchev–Trinajstić information content (AvgIpc) is 3.45. The van der Waals surface area contributed by atoms with Gasteiger partial charge in [0.05, 0.1) is 23.0 Å². The van der Waals surface area contributed by atoms with Crippen molar-refractivity contribution in [2.75, 3.05) is 30.1 Å². The summed E-state index contributed by atoms with van der Waals surface area (Å²) >= 11 is 0. The van der Waals surface area contributed by atoms with Crippen LogP contribution in [0.3, 0.4) is 0 Å². The van der Waals surface area contributed by atoms with E-state index in [1.54, 1.807) is 60.9 Å². The fourth-order valence-corrected chi connectivity index (χ4v) is 5.88. The Morgan fingerprint density at radius 3 is 2.28 bits per heavy atom. The van der Waals surface area contributed by atoms with Crippen LogP contribution in [0, 0.1) is 0 Å². The van der Waals surface area contributed by atoms with Gasteiger partial charge in [-0.25, -0.2) is 13.4 Å². The molecule has 0 fully saturated rings. The Bertz CT molecular complexity index is 1720. The highest BCUT2D eigenvalue weighted by molar-refractivity contribution is 7.92. The summed E-state index contributed by atoms with van der Waals surface area (Å²) in [7, 11) is -4.38. The second kappa shape index (κ2) is 13.3. The van der Waals surface area contributed by atoms with Gasteiger partial charge in [0.2, 0.25) is 0 Å². The van der Waals surface area contributed by atoms with Crippen molar-refractivity contribution in [3.8, 4) is 11.3 Å². The van der Waals surface area contributed by atoms with Gasteiger partial charge < -0.3 is 15.0 Å². The normalized spacial score (nSPS) is 13.2. The molecule has 1 heterocycles. The molecule has 230 valence electrons. The van der Waals surface area contributed by atoms with Gasteiger partial charge in [-0.2, -0.15) is 12.7 Å². The minimum Gasteiger partial charge on any atom is -0.387 e. The van der Waals surface area contributed by atoms with E-state index < -0.39 is 26.3 Å². The SMILES string of the molecule is CN(C)S(=O)(=O)Nc1ccc(-c2cn(CCC(C)(C)NC[C@H](O)c3cccc(NS(=O)(=O)c4ccccc4)c3)cn2)cc1. The van der Waals surface area contributed by atoms with Gasteiger partial charge in [-0.15, -0.1) is 0 Å². The lowest BCUT2D eigenvalue weighted by molar-refractivity contribution is 0.158. The molecule has 1 aromatic heterocycles. The van der Waals surface area contributed by atoms with Crippen LogP contribution >= 0.6 is 0 Å². The van der Waals surface area contributed by atoms with Crippen LogP contribution in [-0.4, -0.2) is 62.0 Å². The predicted molar refractivity (Wildman–Crippen MR) is 169 cm³/mol. The largest absolute Gasteiger partial charge is 0.387 e. The van der Waals surface area contributed by atoms with Crippen molar-refractivity contribution in [2.24, 2.45) is 0 Å². The van der Waals surface area contributed by atoms with Crippen LogP contribution in [0.1, 0.15) is 31.9 Å². The van der Waals surface area contributed by atoms with E-state index in [2.05, 4.69) is 33.6 Å². The summed E-state index contributed by atoms with van der Waals surface area (Å²) in [5.41, 5.74) is 2.75. The van der Waals surface area contributed by atoms with Crippen LogP contribution in [0.4, 0.5) is 11.4 Å². The van der Waals surface area contributed by atoms with E-state index in [0.29, 0.717) is 23.5 Å². The molecule has 4 N–H and O–H groups in total. The Morgan fingerprint density at radius 2 is 1.60 bits per heavy atom. The van der Waals surface area contributed by atoms with E-state index in [4.69, 9.17) is 0 Å². The van der Waals surface area contributed by atoms with Gasteiger partial charge in [-0.3, -0.25) is 9.44 Å². The number of aryl methyl sites for hydroxylation is 1. The van der Waals surface area contributed by atoms with E-state index in [-0.39, 0.29) is 17.0 Å². The van der Waals surface area contributed by atoms with E-state index in [1.165, 1.54) is 26.2 Å². The molecule has 11 nitrogen and oxygen atoms in total.